The SMILES string of the molecule is O=C(N/N=C/c1ccncc1)c1nn(Cc2ccc(Br)cc2)cc1[N+](=O)[O-]. The molecule has 0 saturated heterocycles. The van der Waals surface area contributed by atoms with Crippen molar-refractivity contribution in [3.63, 3.8) is 0 Å². The monoisotopic (exact) mass is 428 g/mol. The number of hydrogen-bond acceptors (Lipinski definition) is 6. The van der Waals surface area contributed by atoms with Crippen molar-refractivity contribution in [1.29, 1.82) is 0 Å². The molecule has 3 rings (SSSR count). The minimum absolute atomic E-state index is 0.293. The molecule has 0 spiro atoms. The maximum Gasteiger partial charge on any atom is 0.320 e. The van der Waals surface area contributed by atoms with Crippen LogP contribution in [-0.4, -0.2) is 31.8 Å². The zero-order chi connectivity index (χ0) is 19.2. The van der Waals surface area contributed by atoms with E-state index in [0.717, 1.165) is 15.6 Å². The average molecular weight is 429 g/mol. The lowest BCUT2D eigenvalue weighted by molar-refractivity contribution is -0.385. The molecule has 1 N–H and O–H groups in total. The molecule has 10 heteroatoms. The quantitative estimate of drug-likeness (QED) is 0.368. The third-order valence-electron chi connectivity index (χ3n) is 3.50. The molecule has 0 radical (unpaired) electrons. The number of amides is 1. The van der Waals surface area contributed by atoms with Crippen LogP contribution in [-0.2, 0) is 6.54 Å². The number of nitrogens with one attached hydrogen (secondary N) is 1. The van der Waals surface area contributed by atoms with Gasteiger partial charge in [-0.25, -0.2) is 5.43 Å². The highest BCUT2D eigenvalue weighted by Gasteiger charge is 2.25. The van der Waals surface area contributed by atoms with Gasteiger partial charge in [0.15, 0.2) is 0 Å². The molecule has 27 heavy (non-hydrogen) atoms. The van der Waals surface area contributed by atoms with E-state index in [1.165, 1.54) is 17.1 Å². The van der Waals surface area contributed by atoms with Crippen LogP contribution in [0.4, 0.5) is 5.69 Å². The van der Waals surface area contributed by atoms with Crippen molar-refractivity contribution in [2.45, 2.75) is 6.54 Å². The molecule has 0 bridgehead atoms. The Morgan fingerprint density at radius 2 is 1.96 bits per heavy atom. The Morgan fingerprint density at radius 3 is 2.63 bits per heavy atom. The summed E-state index contributed by atoms with van der Waals surface area (Å²) in [6.45, 7) is 0.293. The third-order valence-corrected chi connectivity index (χ3v) is 4.03. The Bertz CT molecular complexity index is 986. The molecule has 0 saturated carbocycles. The van der Waals surface area contributed by atoms with Crippen molar-refractivity contribution < 1.29 is 9.72 Å². The van der Waals surface area contributed by atoms with Crippen LogP contribution in [0, 0.1) is 10.1 Å². The highest BCUT2D eigenvalue weighted by Crippen LogP contribution is 2.18. The van der Waals surface area contributed by atoms with Gasteiger partial charge in [0.2, 0.25) is 5.69 Å². The molecule has 1 amide bonds. The number of benzene rings is 1. The van der Waals surface area contributed by atoms with Crippen LogP contribution < -0.4 is 5.43 Å². The van der Waals surface area contributed by atoms with Crippen LogP contribution in [0.25, 0.3) is 0 Å². The van der Waals surface area contributed by atoms with Crippen LogP contribution in [0.3, 0.4) is 0 Å². The molecule has 9 nitrogen and oxygen atoms in total. The van der Waals surface area contributed by atoms with E-state index in [1.807, 2.05) is 24.3 Å². The van der Waals surface area contributed by atoms with Gasteiger partial charge in [-0.1, -0.05) is 28.1 Å². The first-order valence-corrected chi connectivity index (χ1v) is 8.52. The van der Waals surface area contributed by atoms with Gasteiger partial charge in [-0.15, -0.1) is 0 Å². The van der Waals surface area contributed by atoms with E-state index in [-0.39, 0.29) is 11.4 Å². The fourth-order valence-corrected chi connectivity index (χ4v) is 2.50. The molecule has 3 aromatic rings. The van der Waals surface area contributed by atoms with E-state index in [0.29, 0.717) is 6.54 Å². The van der Waals surface area contributed by atoms with Crippen LogP contribution in [0.5, 0.6) is 0 Å². The largest absolute Gasteiger partial charge is 0.320 e. The van der Waals surface area contributed by atoms with Crippen molar-refractivity contribution in [2.75, 3.05) is 0 Å². The summed E-state index contributed by atoms with van der Waals surface area (Å²) in [5, 5.41) is 19.1. The van der Waals surface area contributed by atoms with E-state index in [4.69, 9.17) is 0 Å². The normalized spacial score (nSPS) is 10.9. The maximum absolute atomic E-state index is 12.2. The van der Waals surface area contributed by atoms with E-state index in [1.54, 1.807) is 24.5 Å². The van der Waals surface area contributed by atoms with E-state index < -0.39 is 10.8 Å². The van der Waals surface area contributed by atoms with Gasteiger partial charge in [-0.05, 0) is 35.4 Å². The van der Waals surface area contributed by atoms with Crippen molar-refractivity contribution in [3.8, 4) is 0 Å². The molecule has 1 aromatic carbocycles. The second-order valence-electron chi connectivity index (χ2n) is 5.42. The zero-order valence-corrected chi connectivity index (χ0v) is 15.4. The average Bonchev–Trinajstić information content (AvgIpc) is 3.09. The lowest BCUT2D eigenvalue weighted by atomic mass is 10.2. The lowest BCUT2D eigenvalue weighted by Gasteiger charge is -2.01. The number of rotatable bonds is 6. The predicted octanol–water partition coefficient (Wildman–Crippen LogP) is 2.76. The molecule has 0 unspecified atom stereocenters. The molecule has 0 aliphatic carbocycles. The molecule has 0 aliphatic rings. The van der Waals surface area contributed by atoms with E-state index >= 15 is 0 Å². The molecular weight excluding hydrogens is 416 g/mol. The maximum atomic E-state index is 12.2. The predicted molar refractivity (Wildman–Crippen MR) is 101 cm³/mol. The number of carbonyl (C=O) groups is 1. The lowest BCUT2D eigenvalue weighted by Crippen LogP contribution is -2.19. The second kappa shape index (κ2) is 8.32. The van der Waals surface area contributed by atoms with Gasteiger partial charge in [0.25, 0.3) is 5.91 Å². The molecule has 2 aromatic heterocycles. The number of hydrazone groups is 1. The Hall–Kier alpha value is -3.40. The fraction of sp³-hybridized carbons (Fsp3) is 0.0588. The molecule has 136 valence electrons. The first-order valence-electron chi connectivity index (χ1n) is 7.72. The van der Waals surface area contributed by atoms with Gasteiger partial charge in [0.05, 0.1) is 17.7 Å². The molecule has 0 fully saturated rings. The number of nitro groups is 1. The molecular formula is C17H13BrN6O3. The van der Waals surface area contributed by atoms with E-state index in [2.05, 4.69) is 36.5 Å². The number of pyridine rings is 1. The number of nitrogens with zero attached hydrogens (tertiary/aromatic N) is 5. The first-order chi connectivity index (χ1) is 13.0. The highest BCUT2D eigenvalue weighted by molar-refractivity contribution is 9.10. The summed E-state index contributed by atoms with van der Waals surface area (Å²) in [7, 11) is 0. The number of halogens is 1. The Labute approximate surface area is 162 Å². The highest BCUT2D eigenvalue weighted by atomic mass is 79.9. The van der Waals surface area contributed by atoms with Crippen LogP contribution in [0.2, 0.25) is 0 Å². The molecule has 0 aliphatic heterocycles. The number of hydrogen-bond donors (Lipinski definition) is 1. The topological polar surface area (TPSA) is 115 Å². The minimum Gasteiger partial charge on any atom is -0.265 e. The standard InChI is InChI=1S/C17H13BrN6O3/c18-14-3-1-13(2-4-14)10-23-11-15(24(26)27)16(22-23)17(25)21-20-9-12-5-7-19-8-6-12/h1-9,11H,10H2,(H,21,25)/b20-9+. The molecule has 0 atom stereocenters. The van der Waals surface area contributed by atoms with Crippen molar-refractivity contribution in [1.82, 2.24) is 20.2 Å². The Kier molecular flexibility index (Phi) is 5.67. The van der Waals surface area contributed by atoms with Crippen LogP contribution >= 0.6 is 15.9 Å². The summed E-state index contributed by atoms with van der Waals surface area (Å²) in [6.07, 6.45) is 5.80. The zero-order valence-electron chi connectivity index (χ0n) is 13.8. The minimum atomic E-state index is -0.762. The van der Waals surface area contributed by atoms with Gasteiger partial charge < -0.3 is 0 Å². The summed E-state index contributed by atoms with van der Waals surface area (Å²) in [5.74, 6) is -0.762. The van der Waals surface area contributed by atoms with Gasteiger partial charge >= 0.3 is 5.69 Å². The number of aromatic nitrogens is 3. The van der Waals surface area contributed by atoms with Crippen LogP contribution in [0.1, 0.15) is 21.6 Å². The smallest absolute Gasteiger partial charge is 0.265 e. The summed E-state index contributed by atoms with van der Waals surface area (Å²) in [6, 6.07) is 10.8. The van der Waals surface area contributed by atoms with Gasteiger partial charge in [-0.3, -0.25) is 24.6 Å². The Morgan fingerprint density at radius 1 is 1.26 bits per heavy atom. The molecule has 2 heterocycles. The Balaban J connectivity index is 1.76. The summed E-state index contributed by atoms with van der Waals surface area (Å²) >= 11 is 3.34. The summed E-state index contributed by atoms with van der Waals surface area (Å²) in [5.41, 5.74) is 3.17. The first kappa shape index (κ1) is 18.4. The second-order valence-corrected chi connectivity index (χ2v) is 6.34. The van der Waals surface area contributed by atoms with E-state index in [9.17, 15) is 14.9 Å². The summed E-state index contributed by atoms with van der Waals surface area (Å²) in [4.78, 5) is 26.7. The summed E-state index contributed by atoms with van der Waals surface area (Å²) < 4.78 is 2.27. The van der Waals surface area contributed by atoms with Gasteiger partial charge in [0, 0.05) is 16.9 Å². The van der Waals surface area contributed by atoms with Crippen LogP contribution in [0.15, 0.2) is 64.6 Å². The third kappa shape index (κ3) is 4.82. The van der Waals surface area contributed by atoms with Gasteiger partial charge in [0.1, 0.15) is 6.20 Å². The fourth-order valence-electron chi connectivity index (χ4n) is 2.23. The van der Waals surface area contributed by atoms with Gasteiger partial charge in [-0.2, -0.15) is 10.2 Å². The van der Waals surface area contributed by atoms with Crippen molar-refractivity contribution >= 4 is 33.7 Å². The number of carbonyl (C=O) groups excluding carboxylic acids is 1. The van der Waals surface area contributed by atoms with Crippen molar-refractivity contribution in [2.24, 2.45) is 5.10 Å². The van der Waals surface area contributed by atoms with Crippen molar-refractivity contribution in [3.05, 3.63) is 86.4 Å².